The second kappa shape index (κ2) is 5.27. The third-order valence-corrected chi connectivity index (χ3v) is 3.85. The summed E-state index contributed by atoms with van der Waals surface area (Å²) in [6, 6.07) is 7.39. The summed E-state index contributed by atoms with van der Waals surface area (Å²) in [6.45, 7) is 0.762. The van der Waals surface area contributed by atoms with Gasteiger partial charge in [-0.25, -0.2) is 0 Å². The summed E-state index contributed by atoms with van der Waals surface area (Å²) in [5.74, 6) is -0.563. The van der Waals surface area contributed by atoms with Gasteiger partial charge in [0.05, 0.1) is 18.4 Å². The SMILES string of the molecule is CN(CC1COc2ccccc2O1)C(=O)C1CC1C(=O)O. The predicted octanol–water partition coefficient (Wildman–Crippen LogP) is 1.01. The highest BCUT2D eigenvalue weighted by Crippen LogP contribution is 2.40. The van der Waals surface area contributed by atoms with Crippen molar-refractivity contribution in [2.24, 2.45) is 11.8 Å². The van der Waals surface area contributed by atoms with Crippen LogP contribution in [0.1, 0.15) is 6.42 Å². The van der Waals surface area contributed by atoms with Crippen LogP contribution in [0.4, 0.5) is 0 Å². The fraction of sp³-hybridized carbons (Fsp3) is 0.467. The summed E-state index contributed by atoms with van der Waals surface area (Å²) in [6.07, 6.45) is 0.194. The minimum atomic E-state index is -0.895. The van der Waals surface area contributed by atoms with E-state index >= 15 is 0 Å². The number of rotatable bonds is 4. The molecule has 1 aliphatic heterocycles. The molecule has 0 bridgehead atoms. The molecule has 0 aromatic heterocycles. The standard InChI is InChI=1S/C15H17NO5/c1-16(14(17)10-6-11(10)15(18)19)7-9-8-20-12-4-2-3-5-13(12)21-9/h2-5,9-11H,6-8H2,1H3,(H,18,19). The highest BCUT2D eigenvalue weighted by molar-refractivity contribution is 5.89. The quantitative estimate of drug-likeness (QED) is 0.896. The van der Waals surface area contributed by atoms with Crippen LogP contribution in [-0.4, -0.2) is 48.2 Å². The monoisotopic (exact) mass is 291 g/mol. The van der Waals surface area contributed by atoms with Crippen molar-refractivity contribution in [1.29, 1.82) is 0 Å². The molecule has 0 saturated heterocycles. The van der Waals surface area contributed by atoms with Crippen LogP contribution >= 0.6 is 0 Å². The Morgan fingerprint density at radius 2 is 2.00 bits per heavy atom. The second-order valence-electron chi connectivity index (χ2n) is 5.50. The lowest BCUT2D eigenvalue weighted by Gasteiger charge is -2.29. The molecule has 1 N–H and O–H groups in total. The number of hydrogen-bond donors (Lipinski definition) is 1. The zero-order valence-corrected chi connectivity index (χ0v) is 11.7. The Morgan fingerprint density at radius 1 is 1.29 bits per heavy atom. The van der Waals surface area contributed by atoms with Crippen molar-refractivity contribution in [2.75, 3.05) is 20.2 Å². The van der Waals surface area contributed by atoms with Gasteiger partial charge in [-0.3, -0.25) is 9.59 Å². The van der Waals surface area contributed by atoms with E-state index in [1.165, 1.54) is 4.90 Å². The van der Waals surface area contributed by atoms with Crippen LogP contribution < -0.4 is 9.47 Å². The van der Waals surface area contributed by atoms with Crippen LogP contribution in [0.25, 0.3) is 0 Å². The molecule has 1 aromatic rings. The highest BCUT2D eigenvalue weighted by atomic mass is 16.6. The number of hydrogen-bond acceptors (Lipinski definition) is 4. The summed E-state index contributed by atoms with van der Waals surface area (Å²) in [5.41, 5.74) is 0. The first-order chi connectivity index (χ1) is 10.1. The van der Waals surface area contributed by atoms with E-state index in [1.807, 2.05) is 24.3 Å². The summed E-state index contributed by atoms with van der Waals surface area (Å²) in [4.78, 5) is 24.5. The van der Waals surface area contributed by atoms with E-state index in [0.29, 0.717) is 31.1 Å². The van der Waals surface area contributed by atoms with Gasteiger partial charge in [0.2, 0.25) is 5.91 Å². The van der Waals surface area contributed by atoms with E-state index in [2.05, 4.69) is 0 Å². The number of carboxylic acids is 1. The molecule has 6 heteroatoms. The number of carboxylic acid groups (broad SMARTS) is 1. The van der Waals surface area contributed by atoms with Crippen molar-refractivity contribution in [3.8, 4) is 11.5 Å². The fourth-order valence-electron chi connectivity index (χ4n) is 2.57. The molecular formula is C15H17NO5. The zero-order chi connectivity index (χ0) is 15.0. The molecule has 21 heavy (non-hydrogen) atoms. The van der Waals surface area contributed by atoms with E-state index in [4.69, 9.17) is 14.6 Å². The van der Waals surface area contributed by atoms with Gasteiger partial charge >= 0.3 is 5.97 Å². The molecule has 1 saturated carbocycles. The lowest BCUT2D eigenvalue weighted by Crippen LogP contribution is -2.42. The minimum Gasteiger partial charge on any atom is -0.486 e. The number of amides is 1. The lowest BCUT2D eigenvalue weighted by molar-refractivity contribution is -0.142. The van der Waals surface area contributed by atoms with Crippen molar-refractivity contribution in [2.45, 2.75) is 12.5 Å². The van der Waals surface area contributed by atoms with Gasteiger partial charge in [0, 0.05) is 7.05 Å². The van der Waals surface area contributed by atoms with E-state index in [0.717, 1.165) is 0 Å². The first-order valence-corrected chi connectivity index (χ1v) is 6.92. The Balaban J connectivity index is 1.56. The van der Waals surface area contributed by atoms with Gasteiger partial charge in [-0.2, -0.15) is 0 Å². The normalized spacial score (nSPS) is 26.0. The molecule has 3 unspecified atom stereocenters. The maximum atomic E-state index is 12.1. The Hall–Kier alpha value is -2.24. The maximum Gasteiger partial charge on any atom is 0.307 e. The summed E-state index contributed by atoms with van der Waals surface area (Å²) >= 11 is 0. The van der Waals surface area contributed by atoms with E-state index in [1.54, 1.807) is 7.05 Å². The molecule has 112 valence electrons. The fourth-order valence-corrected chi connectivity index (χ4v) is 2.57. The molecular weight excluding hydrogens is 274 g/mol. The number of nitrogens with zero attached hydrogens (tertiary/aromatic N) is 1. The Labute approximate surface area is 122 Å². The van der Waals surface area contributed by atoms with Crippen molar-refractivity contribution in [1.82, 2.24) is 4.90 Å². The summed E-state index contributed by atoms with van der Waals surface area (Å²) in [5, 5.41) is 8.87. The molecule has 3 rings (SSSR count). The molecule has 3 atom stereocenters. The molecule has 1 fully saturated rings. The number of likely N-dealkylation sites (N-methyl/N-ethyl adjacent to an activating group) is 1. The molecule has 1 aliphatic carbocycles. The van der Waals surface area contributed by atoms with Crippen LogP contribution in [0, 0.1) is 11.8 Å². The van der Waals surface area contributed by atoms with Crippen molar-refractivity contribution < 1.29 is 24.2 Å². The van der Waals surface area contributed by atoms with Crippen molar-refractivity contribution >= 4 is 11.9 Å². The first-order valence-electron chi connectivity index (χ1n) is 6.92. The van der Waals surface area contributed by atoms with Gasteiger partial charge in [0.15, 0.2) is 17.6 Å². The third kappa shape index (κ3) is 2.79. The second-order valence-corrected chi connectivity index (χ2v) is 5.50. The van der Waals surface area contributed by atoms with Gasteiger partial charge in [-0.1, -0.05) is 12.1 Å². The number of carbonyl (C=O) groups is 2. The van der Waals surface area contributed by atoms with Crippen LogP contribution in [0.2, 0.25) is 0 Å². The Morgan fingerprint density at radius 3 is 2.67 bits per heavy atom. The largest absolute Gasteiger partial charge is 0.486 e. The zero-order valence-electron chi connectivity index (χ0n) is 11.7. The van der Waals surface area contributed by atoms with Crippen LogP contribution in [-0.2, 0) is 9.59 Å². The Bertz CT molecular complexity index is 573. The summed E-state index contributed by atoms with van der Waals surface area (Å²) < 4.78 is 11.4. The number of ether oxygens (including phenoxy) is 2. The minimum absolute atomic E-state index is 0.134. The molecule has 1 heterocycles. The maximum absolute atomic E-state index is 12.1. The molecule has 1 amide bonds. The van der Waals surface area contributed by atoms with E-state index < -0.39 is 11.9 Å². The average molecular weight is 291 g/mol. The van der Waals surface area contributed by atoms with E-state index in [9.17, 15) is 9.59 Å². The van der Waals surface area contributed by atoms with Crippen LogP contribution in [0.3, 0.4) is 0 Å². The molecule has 2 aliphatic rings. The molecule has 0 radical (unpaired) electrons. The number of fused-ring (bicyclic) bond motifs is 1. The van der Waals surface area contributed by atoms with Gasteiger partial charge in [-0.05, 0) is 18.6 Å². The third-order valence-electron chi connectivity index (χ3n) is 3.85. The Kier molecular flexibility index (Phi) is 3.45. The predicted molar refractivity (Wildman–Crippen MR) is 73.2 cm³/mol. The smallest absolute Gasteiger partial charge is 0.307 e. The van der Waals surface area contributed by atoms with Gasteiger partial charge in [0.25, 0.3) is 0 Å². The average Bonchev–Trinajstić information content (AvgIpc) is 3.27. The number of carbonyl (C=O) groups excluding carboxylic acids is 1. The van der Waals surface area contributed by atoms with Gasteiger partial charge in [-0.15, -0.1) is 0 Å². The summed E-state index contributed by atoms with van der Waals surface area (Å²) in [7, 11) is 1.67. The van der Waals surface area contributed by atoms with E-state index in [-0.39, 0.29) is 17.9 Å². The number of para-hydroxylation sites is 2. The number of benzene rings is 1. The molecule has 0 spiro atoms. The van der Waals surface area contributed by atoms with Crippen molar-refractivity contribution in [3.05, 3.63) is 24.3 Å². The topological polar surface area (TPSA) is 76.1 Å². The van der Waals surface area contributed by atoms with Crippen molar-refractivity contribution in [3.63, 3.8) is 0 Å². The number of aliphatic carboxylic acids is 1. The van der Waals surface area contributed by atoms with Gasteiger partial charge < -0.3 is 19.5 Å². The van der Waals surface area contributed by atoms with Crippen LogP contribution in [0.5, 0.6) is 11.5 Å². The molecule has 6 nitrogen and oxygen atoms in total. The first kappa shape index (κ1) is 13.7. The highest BCUT2D eigenvalue weighted by Gasteiger charge is 2.49. The lowest BCUT2D eigenvalue weighted by atomic mass is 10.2. The molecule has 1 aromatic carbocycles. The van der Waals surface area contributed by atoms with Gasteiger partial charge in [0.1, 0.15) is 6.61 Å². The van der Waals surface area contributed by atoms with Crippen LogP contribution in [0.15, 0.2) is 24.3 Å².